The average Bonchev–Trinajstić information content (AvgIpc) is 2.97. The average molecular weight is 377 g/mol. The molecule has 0 fully saturated rings. The van der Waals surface area contributed by atoms with Crippen molar-refractivity contribution >= 4 is 7.52 Å². The van der Waals surface area contributed by atoms with Gasteiger partial charge in [0.05, 0.1) is 12.8 Å². The maximum absolute atomic E-state index is 12.8. The topological polar surface area (TPSA) is 77.2 Å². The highest BCUT2D eigenvalue weighted by atomic mass is 31.2. The minimum Gasteiger partial charge on any atom is -0.413 e. The molecule has 0 aliphatic carbocycles. The summed E-state index contributed by atoms with van der Waals surface area (Å²) in [5.74, 6) is -1.62. The van der Waals surface area contributed by atoms with Crippen LogP contribution in [0.25, 0.3) is 11.5 Å². The van der Waals surface area contributed by atoms with Crippen LogP contribution in [0.4, 0.5) is 13.2 Å². The Balaban J connectivity index is 2.16. The van der Waals surface area contributed by atoms with Gasteiger partial charge in [0.25, 0.3) is 7.52 Å². The largest absolute Gasteiger partial charge is 0.470 e. The highest BCUT2D eigenvalue weighted by Crippen LogP contribution is 2.46. The summed E-state index contributed by atoms with van der Waals surface area (Å²) in [7, 11) is -3.05. The van der Waals surface area contributed by atoms with Gasteiger partial charge in [-0.2, -0.15) is 13.2 Å². The number of hydrogen-bond donors (Lipinski definition) is 1. The van der Waals surface area contributed by atoms with Crippen LogP contribution in [0.15, 0.2) is 28.7 Å². The Morgan fingerprint density at radius 2 is 1.88 bits per heavy atom. The molecule has 2 rings (SSSR count). The first-order valence-electron chi connectivity index (χ1n) is 7.64. The third-order valence-corrected chi connectivity index (χ3v) is 5.42. The van der Waals surface area contributed by atoms with Gasteiger partial charge in [-0.15, -0.1) is 10.2 Å². The van der Waals surface area contributed by atoms with Crippen LogP contribution in [0.2, 0.25) is 0 Å². The fourth-order valence-corrected chi connectivity index (χ4v) is 4.33. The van der Waals surface area contributed by atoms with Gasteiger partial charge < -0.3 is 8.94 Å². The van der Waals surface area contributed by atoms with Crippen molar-refractivity contribution in [3.05, 3.63) is 35.7 Å². The van der Waals surface area contributed by atoms with E-state index in [1.165, 1.54) is 12.1 Å². The lowest BCUT2D eigenvalue weighted by Crippen LogP contribution is -2.22. The maximum Gasteiger partial charge on any atom is 0.470 e. The lowest BCUT2D eigenvalue weighted by Gasteiger charge is -2.21. The molecule has 0 aliphatic heterocycles. The fraction of sp³-hybridized carbons (Fsp3) is 0.467. The molecule has 0 amide bonds. The summed E-state index contributed by atoms with van der Waals surface area (Å²) in [5.41, 5.74) is 1.05. The van der Waals surface area contributed by atoms with Crippen LogP contribution in [0.3, 0.4) is 0 Å². The van der Waals surface area contributed by atoms with Crippen molar-refractivity contribution in [1.29, 1.82) is 0 Å². The highest BCUT2D eigenvalue weighted by molar-refractivity contribution is 7.56. The van der Waals surface area contributed by atoms with E-state index in [1.807, 2.05) is 13.8 Å². The van der Waals surface area contributed by atoms with Gasteiger partial charge in [-0.3, -0.25) is 4.57 Å². The van der Waals surface area contributed by atoms with Crippen molar-refractivity contribution in [2.24, 2.45) is 0 Å². The molecule has 0 radical (unpaired) electrons. The molecular weight excluding hydrogens is 358 g/mol. The number of alkyl halides is 3. The molecule has 25 heavy (non-hydrogen) atoms. The molecule has 0 aliphatic rings. The van der Waals surface area contributed by atoms with E-state index in [1.54, 1.807) is 19.1 Å². The van der Waals surface area contributed by atoms with Gasteiger partial charge in [0.2, 0.25) is 5.89 Å². The zero-order chi connectivity index (χ0) is 18.7. The van der Waals surface area contributed by atoms with Crippen LogP contribution in [0.5, 0.6) is 0 Å². The molecule has 0 saturated heterocycles. The highest BCUT2D eigenvalue weighted by Gasteiger charge is 2.38. The van der Waals surface area contributed by atoms with E-state index in [2.05, 4.69) is 19.7 Å². The summed E-state index contributed by atoms with van der Waals surface area (Å²) in [6, 6.07) is 6.33. The third kappa shape index (κ3) is 5.39. The van der Waals surface area contributed by atoms with Crippen molar-refractivity contribution in [2.45, 2.75) is 39.2 Å². The second kappa shape index (κ2) is 7.68. The number of rotatable bonds is 7. The van der Waals surface area contributed by atoms with E-state index in [0.29, 0.717) is 17.7 Å². The predicted molar refractivity (Wildman–Crippen MR) is 85.9 cm³/mol. The predicted octanol–water partition coefficient (Wildman–Crippen LogP) is 4.48. The van der Waals surface area contributed by atoms with Crippen LogP contribution >= 0.6 is 7.52 Å². The molecule has 1 unspecified atom stereocenters. The second-order valence-electron chi connectivity index (χ2n) is 5.64. The molecule has 138 valence electrons. The lowest BCUT2D eigenvalue weighted by molar-refractivity contribution is -0.156. The van der Waals surface area contributed by atoms with E-state index < -0.39 is 19.6 Å². The Hall–Kier alpha value is -1.70. The van der Waals surface area contributed by atoms with Gasteiger partial charge in [0.1, 0.15) is 0 Å². The van der Waals surface area contributed by atoms with Crippen LogP contribution < -0.4 is 5.09 Å². The van der Waals surface area contributed by atoms with E-state index in [0.717, 1.165) is 0 Å². The number of hydrogen-bond acceptors (Lipinski definition) is 5. The van der Waals surface area contributed by atoms with E-state index in [-0.39, 0.29) is 18.1 Å². The minimum atomic E-state index is -4.68. The first-order valence-corrected chi connectivity index (χ1v) is 9.45. The molecule has 1 aromatic heterocycles. The quantitative estimate of drug-likeness (QED) is 0.717. The van der Waals surface area contributed by atoms with Crippen LogP contribution in [0, 0.1) is 0 Å². The Morgan fingerprint density at radius 3 is 2.36 bits per heavy atom. The maximum atomic E-state index is 12.8. The Labute approximate surface area is 143 Å². The number of nitrogens with one attached hydrogen (secondary N) is 1. The summed E-state index contributed by atoms with van der Waals surface area (Å²) in [5, 5.41) is 9.32. The molecule has 10 heteroatoms. The van der Waals surface area contributed by atoms with E-state index in [9.17, 15) is 17.7 Å². The summed E-state index contributed by atoms with van der Waals surface area (Å²) in [6.07, 6.45) is -4.52. The van der Waals surface area contributed by atoms with E-state index >= 15 is 0 Å². The monoisotopic (exact) mass is 377 g/mol. The van der Waals surface area contributed by atoms with Gasteiger partial charge in [-0.25, -0.2) is 5.09 Å². The van der Waals surface area contributed by atoms with Gasteiger partial charge in [-0.05, 0) is 38.5 Å². The molecule has 0 spiro atoms. The molecule has 1 heterocycles. The van der Waals surface area contributed by atoms with Gasteiger partial charge in [0.15, 0.2) is 0 Å². The number of aromatic nitrogens is 2. The van der Waals surface area contributed by atoms with Crippen molar-refractivity contribution < 1.29 is 26.7 Å². The molecule has 0 saturated carbocycles. The standard InChI is InChI=1S/C15H19F3N3O3P/c1-4-23-25(22,21-10(2)3)9-11-5-7-12(8-6-11)13-19-20-14(24-13)15(16,17)18/h5-8,10H,4,9H2,1-3H3,(H,21,22). The number of benzene rings is 1. The van der Waals surface area contributed by atoms with Crippen molar-refractivity contribution in [3.8, 4) is 11.5 Å². The minimum absolute atomic E-state index is 0.0177. The zero-order valence-electron chi connectivity index (χ0n) is 14.0. The van der Waals surface area contributed by atoms with Gasteiger partial charge in [0, 0.05) is 11.6 Å². The van der Waals surface area contributed by atoms with Crippen molar-refractivity contribution in [1.82, 2.24) is 15.3 Å². The molecule has 2 aromatic rings. The summed E-state index contributed by atoms with van der Waals surface area (Å²) >= 11 is 0. The van der Waals surface area contributed by atoms with E-state index in [4.69, 9.17) is 4.52 Å². The van der Waals surface area contributed by atoms with Crippen molar-refractivity contribution in [3.63, 3.8) is 0 Å². The number of nitrogens with zero attached hydrogens (tertiary/aromatic N) is 2. The Bertz CT molecular complexity index is 744. The van der Waals surface area contributed by atoms with Crippen LogP contribution in [-0.2, 0) is 21.4 Å². The van der Waals surface area contributed by atoms with Crippen LogP contribution in [-0.4, -0.2) is 22.8 Å². The SMILES string of the molecule is CCOP(=O)(Cc1ccc(-c2nnc(C(F)(F)F)o2)cc1)NC(C)C. The Morgan fingerprint density at radius 1 is 1.24 bits per heavy atom. The fourth-order valence-electron chi connectivity index (χ4n) is 2.18. The zero-order valence-corrected chi connectivity index (χ0v) is 14.9. The molecule has 1 N–H and O–H groups in total. The van der Waals surface area contributed by atoms with Gasteiger partial charge in [-0.1, -0.05) is 12.1 Å². The normalized spacial score (nSPS) is 14.7. The second-order valence-corrected chi connectivity index (χ2v) is 7.82. The summed E-state index contributed by atoms with van der Waals surface area (Å²) < 4.78 is 60.3. The van der Waals surface area contributed by atoms with Crippen molar-refractivity contribution in [2.75, 3.05) is 6.61 Å². The number of halogens is 3. The first-order chi connectivity index (χ1) is 11.6. The Kier molecular flexibility index (Phi) is 6.03. The molecule has 0 bridgehead atoms. The van der Waals surface area contributed by atoms with Gasteiger partial charge >= 0.3 is 12.1 Å². The summed E-state index contributed by atoms with van der Waals surface area (Å²) in [6.45, 7) is 5.79. The molecule has 1 aromatic carbocycles. The van der Waals surface area contributed by atoms with Crippen LogP contribution in [0.1, 0.15) is 32.2 Å². The molecule has 1 atom stereocenters. The summed E-state index contributed by atoms with van der Waals surface area (Å²) in [4.78, 5) is 0. The third-order valence-electron chi connectivity index (χ3n) is 3.05. The first kappa shape index (κ1) is 19.6. The molecular formula is C15H19F3N3O3P. The smallest absolute Gasteiger partial charge is 0.413 e. The molecule has 6 nitrogen and oxygen atoms in total. The lowest BCUT2D eigenvalue weighted by atomic mass is 10.1.